The second kappa shape index (κ2) is 7.31. The molecule has 0 heterocycles. The summed E-state index contributed by atoms with van der Waals surface area (Å²) in [5.74, 6) is 0.166. The van der Waals surface area contributed by atoms with E-state index in [9.17, 15) is 9.90 Å². The Labute approximate surface area is 125 Å². The Morgan fingerprint density at radius 1 is 1.38 bits per heavy atom. The smallest absolute Gasteiger partial charge is 0.251 e. The van der Waals surface area contributed by atoms with Crippen LogP contribution in [0.3, 0.4) is 0 Å². The van der Waals surface area contributed by atoms with Gasteiger partial charge < -0.3 is 21.5 Å². The third kappa shape index (κ3) is 4.11. The van der Waals surface area contributed by atoms with Gasteiger partial charge >= 0.3 is 0 Å². The van der Waals surface area contributed by atoms with Crippen LogP contribution in [0.2, 0.25) is 0 Å². The van der Waals surface area contributed by atoms with Gasteiger partial charge in [-0.3, -0.25) is 4.79 Å². The first-order chi connectivity index (χ1) is 10.1. The van der Waals surface area contributed by atoms with E-state index in [1.54, 1.807) is 12.1 Å². The normalized spacial score (nSPS) is 21.8. The molecule has 1 aromatic carbocycles. The number of nitrogens with two attached hydrogens (primary N) is 1. The predicted octanol–water partition coefficient (Wildman–Crippen LogP) is 1.98. The van der Waals surface area contributed by atoms with Gasteiger partial charge in [0.05, 0.1) is 17.5 Å². The maximum Gasteiger partial charge on any atom is 0.251 e. The average molecular weight is 291 g/mol. The quantitative estimate of drug-likeness (QED) is 0.625. The first-order valence-electron chi connectivity index (χ1n) is 7.71. The maximum atomic E-state index is 11.7. The average Bonchev–Trinajstić information content (AvgIpc) is 2.47. The molecule has 1 fully saturated rings. The van der Waals surface area contributed by atoms with E-state index in [1.165, 1.54) is 6.42 Å². The number of hydrogen-bond acceptors (Lipinski definition) is 4. The van der Waals surface area contributed by atoms with E-state index in [4.69, 9.17) is 5.73 Å². The molecule has 5 N–H and O–H groups in total. The summed E-state index contributed by atoms with van der Waals surface area (Å²) in [6.07, 6.45) is 4.00. The van der Waals surface area contributed by atoms with Gasteiger partial charge in [0, 0.05) is 24.6 Å². The summed E-state index contributed by atoms with van der Waals surface area (Å²) in [5, 5.41) is 16.0. The summed E-state index contributed by atoms with van der Waals surface area (Å²) in [5.41, 5.74) is 7.95. The number of carbonyl (C=O) groups excluding carboxylic acids is 1. The first kappa shape index (κ1) is 15.6. The Kier molecular flexibility index (Phi) is 5.44. The highest BCUT2D eigenvalue weighted by molar-refractivity contribution is 5.96. The number of benzene rings is 1. The molecule has 1 aliphatic carbocycles. The van der Waals surface area contributed by atoms with E-state index in [1.807, 2.05) is 13.0 Å². The van der Waals surface area contributed by atoms with Gasteiger partial charge in [0.1, 0.15) is 0 Å². The Morgan fingerprint density at radius 2 is 2.14 bits per heavy atom. The van der Waals surface area contributed by atoms with Gasteiger partial charge in [0.25, 0.3) is 5.91 Å². The summed E-state index contributed by atoms with van der Waals surface area (Å²) < 4.78 is 0. The highest BCUT2D eigenvalue weighted by Gasteiger charge is 2.22. The molecule has 116 valence electrons. The molecule has 0 radical (unpaired) electrons. The summed E-state index contributed by atoms with van der Waals surface area (Å²) in [4.78, 5) is 11.7. The van der Waals surface area contributed by atoms with Crippen molar-refractivity contribution < 1.29 is 9.90 Å². The fraction of sp³-hybridized carbons (Fsp3) is 0.562. The molecule has 21 heavy (non-hydrogen) atoms. The first-order valence-corrected chi connectivity index (χ1v) is 7.71. The second-order valence-electron chi connectivity index (χ2n) is 5.65. The Hall–Kier alpha value is -1.75. The van der Waals surface area contributed by atoms with E-state index in [0.717, 1.165) is 24.9 Å². The summed E-state index contributed by atoms with van der Waals surface area (Å²) >= 11 is 0. The minimum absolute atomic E-state index is 0.113. The highest BCUT2D eigenvalue weighted by Crippen LogP contribution is 2.26. The topological polar surface area (TPSA) is 87.4 Å². The lowest BCUT2D eigenvalue weighted by atomic mass is 9.86. The number of aliphatic hydroxyl groups excluding tert-OH is 1. The van der Waals surface area contributed by atoms with Crippen LogP contribution in [0.5, 0.6) is 0 Å². The number of nitrogen functional groups attached to an aromatic ring is 1. The van der Waals surface area contributed by atoms with Crippen LogP contribution in [0.25, 0.3) is 0 Å². The van der Waals surface area contributed by atoms with Gasteiger partial charge in [-0.05, 0) is 38.0 Å². The summed E-state index contributed by atoms with van der Waals surface area (Å²) in [6.45, 7) is 3.19. The van der Waals surface area contributed by atoms with Gasteiger partial charge in [-0.25, -0.2) is 0 Å². The fourth-order valence-corrected chi connectivity index (χ4v) is 2.79. The van der Waals surface area contributed by atoms with Crippen LogP contribution >= 0.6 is 0 Å². The summed E-state index contributed by atoms with van der Waals surface area (Å²) in [7, 11) is 0. The SMILES string of the molecule is CCNC(=O)c1ccc(NCC2CCCCC2O)c(N)c1. The van der Waals surface area contributed by atoms with E-state index in [0.29, 0.717) is 24.3 Å². The Bertz CT molecular complexity index is 490. The standard InChI is InChI=1S/C16H25N3O2/c1-2-18-16(21)11-7-8-14(13(17)9-11)19-10-12-5-3-4-6-15(12)20/h7-9,12,15,19-20H,2-6,10,17H2,1H3,(H,18,21). The second-order valence-corrected chi connectivity index (χ2v) is 5.65. The number of rotatable bonds is 5. The van der Waals surface area contributed by atoms with E-state index in [-0.39, 0.29) is 17.9 Å². The molecule has 0 bridgehead atoms. The number of hydrogen-bond donors (Lipinski definition) is 4. The van der Waals surface area contributed by atoms with Crippen LogP contribution in [0, 0.1) is 5.92 Å². The fourth-order valence-electron chi connectivity index (χ4n) is 2.79. The van der Waals surface area contributed by atoms with Crippen LogP contribution in [0.15, 0.2) is 18.2 Å². The lowest BCUT2D eigenvalue weighted by Gasteiger charge is -2.28. The largest absolute Gasteiger partial charge is 0.397 e. The molecular formula is C16H25N3O2. The van der Waals surface area contributed by atoms with Gasteiger partial charge in [-0.15, -0.1) is 0 Å². The van der Waals surface area contributed by atoms with Crippen molar-refractivity contribution in [2.24, 2.45) is 5.92 Å². The third-order valence-corrected chi connectivity index (χ3v) is 4.07. The molecule has 5 nitrogen and oxygen atoms in total. The number of aliphatic hydroxyl groups is 1. The van der Waals surface area contributed by atoms with Crippen molar-refractivity contribution in [3.8, 4) is 0 Å². The Morgan fingerprint density at radius 3 is 2.81 bits per heavy atom. The van der Waals surface area contributed by atoms with E-state index >= 15 is 0 Å². The zero-order valence-electron chi connectivity index (χ0n) is 12.6. The lowest BCUT2D eigenvalue weighted by Crippen LogP contribution is -2.30. The molecule has 1 saturated carbocycles. The minimum Gasteiger partial charge on any atom is -0.397 e. The van der Waals surface area contributed by atoms with Crippen LogP contribution in [0.1, 0.15) is 43.0 Å². The monoisotopic (exact) mass is 291 g/mol. The molecule has 0 aliphatic heterocycles. The molecule has 2 atom stereocenters. The van der Waals surface area contributed by atoms with Gasteiger partial charge in [0.2, 0.25) is 0 Å². The Balaban J connectivity index is 1.96. The molecule has 1 aromatic rings. The zero-order chi connectivity index (χ0) is 15.2. The van der Waals surface area contributed by atoms with E-state index in [2.05, 4.69) is 10.6 Å². The van der Waals surface area contributed by atoms with Crippen LogP contribution in [-0.2, 0) is 0 Å². The molecule has 0 spiro atoms. The maximum absolute atomic E-state index is 11.7. The van der Waals surface area contributed by atoms with Gasteiger partial charge in [0.15, 0.2) is 0 Å². The highest BCUT2D eigenvalue weighted by atomic mass is 16.3. The number of carbonyl (C=O) groups is 1. The van der Waals surface area contributed by atoms with Crippen molar-refractivity contribution in [1.29, 1.82) is 0 Å². The minimum atomic E-state index is -0.220. The molecule has 5 heteroatoms. The van der Waals surface area contributed by atoms with Crippen molar-refractivity contribution in [2.75, 3.05) is 24.1 Å². The zero-order valence-corrected chi connectivity index (χ0v) is 12.6. The molecular weight excluding hydrogens is 266 g/mol. The van der Waals surface area contributed by atoms with Crippen LogP contribution < -0.4 is 16.4 Å². The predicted molar refractivity (Wildman–Crippen MR) is 85.3 cm³/mol. The number of amides is 1. The molecule has 0 aromatic heterocycles. The summed E-state index contributed by atoms with van der Waals surface area (Å²) in [6, 6.07) is 5.28. The van der Waals surface area contributed by atoms with Crippen molar-refractivity contribution in [2.45, 2.75) is 38.7 Å². The molecule has 1 amide bonds. The van der Waals surface area contributed by atoms with Crippen LogP contribution in [0.4, 0.5) is 11.4 Å². The van der Waals surface area contributed by atoms with Crippen molar-refractivity contribution >= 4 is 17.3 Å². The lowest BCUT2D eigenvalue weighted by molar-refractivity contribution is 0.0763. The molecule has 2 rings (SSSR count). The van der Waals surface area contributed by atoms with Crippen LogP contribution in [-0.4, -0.2) is 30.2 Å². The number of nitrogens with one attached hydrogen (secondary N) is 2. The molecule has 1 aliphatic rings. The van der Waals surface area contributed by atoms with Crippen molar-refractivity contribution in [3.05, 3.63) is 23.8 Å². The van der Waals surface area contributed by atoms with Crippen molar-refractivity contribution in [1.82, 2.24) is 5.32 Å². The number of anilines is 2. The van der Waals surface area contributed by atoms with Gasteiger partial charge in [-0.2, -0.15) is 0 Å². The van der Waals surface area contributed by atoms with E-state index < -0.39 is 0 Å². The van der Waals surface area contributed by atoms with Gasteiger partial charge in [-0.1, -0.05) is 12.8 Å². The molecule has 0 saturated heterocycles. The van der Waals surface area contributed by atoms with Crippen molar-refractivity contribution in [3.63, 3.8) is 0 Å². The third-order valence-electron chi connectivity index (χ3n) is 4.07. The molecule has 2 unspecified atom stereocenters.